The fourth-order valence-electron chi connectivity index (χ4n) is 4.79. The van der Waals surface area contributed by atoms with Gasteiger partial charge < -0.3 is 10.2 Å². The van der Waals surface area contributed by atoms with Crippen molar-refractivity contribution in [1.29, 1.82) is 0 Å². The van der Waals surface area contributed by atoms with Gasteiger partial charge in [-0.3, -0.25) is 18.3 Å². The average Bonchev–Trinajstić information content (AvgIpc) is 3.25. The first-order valence-electron chi connectivity index (χ1n) is 13.5. The predicted octanol–water partition coefficient (Wildman–Crippen LogP) is 4.44. The highest BCUT2D eigenvalue weighted by atomic mass is 32.1. The van der Waals surface area contributed by atoms with Crippen molar-refractivity contribution in [2.45, 2.75) is 135 Å². The molecule has 0 aliphatic carbocycles. The van der Waals surface area contributed by atoms with Gasteiger partial charge in [-0.05, 0) is 69.6 Å². The third-order valence-corrected chi connectivity index (χ3v) is 8.00. The van der Waals surface area contributed by atoms with E-state index in [0.29, 0.717) is 61.9 Å². The van der Waals surface area contributed by atoms with E-state index < -0.39 is 12.2 Å². The van der Waals surface area contributed by atoms with Gasteiger partial charge in [-0.2, -0.15) is 0 Å². The van der Waals surface area contributed by atoms with Crippen LogP contribution in [-0.2, 0) is 26.2 Å². The fraction of sp³-hybridized carbons (Fsp3) is 0.778. The van der Waals surface area contributed by atoms with Crippen LogP contribution in [0.15, 0.2) is 32.0 Å². The summed E-state index contributed by atoms with van der Waals surface area (Å²) in [6.45, 7) is 14.6. The van der Waals surface area contributed by atoms with Gasteiger partial charge in [-0.1, -0.05) is 27.7 Å². The Balaban J connectivity index is 1.73. The molecule has 0 spiro atoms. The van der Waals surface area contributed by atoms with Crippen molar-refractivity contribution < 1.29 is 10.2 Å². The maximum Gasteiger partial charge on any atom is 0.329 e. The van der Waals surface area contributed by atoms with Crippen LogP contribution in [0.3, 0.4) is 0 Å². The van der Waals surface area contributed by atoms with Gasteiger partial charge in [-0.25, -0.2) is 9.59 Å². The third kappa shape index (κ3) is 9.41. The molecule has 0 aromatic carbocycles. The molecule has 0 fully saturated rings. The number of hydrogen-bond donors (Lipinski definition) is 4. The lowest BCUT2D eigenvalue weighted by Gasteiger charge is -2.27. The number of thiol groups is 2. The number of hydrogen-bond acceptors (Lipinski definition) is 6. The van der Waals surface area contributed by atoms with E-state index in [1.807, 2.05) is 13.8 Å². The molecule has 0 radical (unpaired) electrons. The Morgan fingerprint density at radius 1 is 0.730 bits per heavy atom. The molecule has 0 saturated carbocycles. The van der Waals surface area contributed by atoms with Crippen molar-refractivity contribution in [2.75, 3.05) is 0 Å². The van der Waals surface area contributed by atoms with Crippen LogP contribution in [0.2, 0.25) is 0 Å². The normalized spacial score (nSPS) is 14.3. The summed E-state index contributed by atoms with van der Waals surface area (Å²) in [6, 6.07) is 0. The first-order valence-corrected chi connectivity index (χ1v) is 14.4. The lowest BCUT2D eigenvalue weighted by atomic mass is 9.85. The average molecular weight is 557 g/mol. The van der Waals surface area contributed by atoms with E-state index in [9.17, 15) is 19.8 Å². The van der Waals surface area contributed by atoms with E-state index >= 15 is 0 Å². The monoisotopic (exact) mass is 556 g/mol. The summed E-state index contributed by atoms with van der Waals surface area (Å²) in [4.78, 5) is 25.0. The minimum absolute atomic E-state index is 0.0456. The van der Waals surface area contributed by atoms with Crippen LogP contribution in [0.25, 0.3) is 0 Å². The van der Waals surface area contributed by atoms with Gasteiger partial charge in [0.2, 0.25) is 0 Å². The first-order chi connectivity index (χ1) is 17.2. The molecule has 2 N–H and O–H groups in total. The Hall–Kier alpha value is -1.36. The fourth-order valence-corrected chi connectivity index (χ4v) is 5.38. The molecule has 0 saturated heterocycles. The number of aliphatic hydroxyl groups is 2. The maximum atomic E-state index is 12.5. The quantitative estimate of drug-likeness (QED) is 0.230. The minimum Gasteiger partial charge on any atom is -0.393 e. The smallest absolute Gasteiger partial charge is 0.329 e. The van der Waals surface area contributed by atoms with E-state index in [1.165, 1.54) is 0 Å². The zero-order chi connectivity index (χ0) is 28.0. The molecule has 2 rings (SSSR count). The number of imidazole rings is 2. The number of rotatable bonds is 16. The van der Waals surface area contributed by atoms with Crippen molar-refractivity contribution in [2.24, 2.45) is 10.8 Å². The molecule has 0 amide bonds. The lowest BCUT2D eigenvalue weighted by molar-refractivity contribution is 0.102. The summed E-state index contributed by atoms with van der Waals surface area (Å²) in [7, 11) is 0. The molecule has 212 valence electrons. The van der Waals surface area contributed by atoms with Crippen LogP contribution in [-0.4, -0.2) is 40.7 Å². The predicted molar refractivity (Wildman–Crippen MR) is 155 cm³/mol. The molecule has 8 nitrogen and oxygen atoms in total. The molecular weight excluding hydrogens is 508 g/mol. The van der Waals surface area contributed by atoms with Crippen LogP contribution < -0.4 is 11.4 Å². The van der Waals surface area contributed by atoms with Gasteiger partial charge in [0.25, 0.3) is 0 Å². The van der Waals surface area contributed by atoms with Gasteiger partial charge in [-0.15, -0.1) is 25.3 Å². The first kappa shape index (κ1) is 31.9. The zero-order valence-corrected chi connectivity index (χ0v) is 25.3. The summed E-state index contributed by atoms with van der Waals surface area (Å²) >= 11 is 8.90. The maximum absolute atomic E-state index is 12.5. The van der Waals surface area contributed by atoms with Crippen molar-refractivity contribution in [1.82, 2.24) is 18.3 Å². The second-order valence-electron chi connectivity index (χ2n) is 11.9. The lowest BCUT2D eigenvalue weighted by Crippen LogP contribution is -2.31. The van der Waals surface area contributed by atoms with Crippen LogP contribution in [0, 0.1) is 10.8 Å². The van der Waals surface area contributed by atoms with E-state index in [4.69, 9.17) is 0 Å². The Labute approximate surface area is 232 Å². The summed E-state index contributed by atoms with van der Waals surface area (Å²) in [5.41, 5.74) is -0.396. The Morgan fingerprint density at radius 3 is 1.38 bits per heavy atom. The van der Waals surface area contributed by atoms with Crippen LogP contribution in [0.5, 0.6) is 0 Å². The molecule has 10 heteroatoms. The van der Waals surface area contributed by atoms with Crippen molar-refractivity contribution in [3.05, 3.63) is 33.4 Å². The largest absolute Gasteiger partial charge is 0.393 e. The molecule has 0 bridgehead atoms. The SMILES string of the molecule is CCn1cc(S)n(CC(C)(C)CCC(O)CCCC(O)CCC(C)(C)Cn2c(S)cn(CC)c2=O)c1=O. The molecular formula is C27H48N4O4S2. The Bertz CT molecular complexity index is 1030. The number of aryl methyl sites for hydroxylation is 2. The third-order valence-electron chi connectivity index (χ3n) is 7.29. The summed E-state index contributed by atoms with van der Waals surface area (Å²) < 4.78 is 6.70. The molecule has 2 atom stereocenters. The van der Waals surface area contributed by atoms with E-state index in [1.54, 1.807) is 30.7 Å². The highest BCUT2D eigenvalue weighted by Crippen LogP contribution is 2.29. The van der Waals surface area contributed by atoms with Gasteiger partial charge in [0.05, 0.1) is 22.3 Å². The summed E-state index contributed by atoms with van der Waals surface area (Å²) in [5.74, 6) is 0. The molecule has 0 aliphatic heterocycles. The van der Waals surface area contributed by atoms with E-state index in [2.05, 4.69) is 53.0 Å². The van der Waals surface area contributed by atoms with E-state index in [-0.39, 0.29) is 22.2 Å². The van der Waals surface area contributed by atoms with Crippen LogP contribution in [0.1, 0.15) is 86.5 Å². The molecule has 0 aliphatic rings. The van der Waals surface area contributed by atoms with Crippen molar-refractivity contribution in [3.8, 4) is 0 Å². The molecule has 2 unspecified atom stereocenters. The van der Waals surface area contributed by atoms with Gasteiger partial charge in [0.15, 0.2) is 0 Å². The second kappa shape index (κ2) is 13.6. The van der Waals surface area contributed by atoms with E-state index in [0.717, 1.165) is 19.3 Å². The van der Waals surface area contributed by atoms with Gasteiger partial charge in [0.1, 0.15) is 0 Å². The summed E-state index contributed by atoms with van der Waals surface area (Å²) in [6.07, 6.45) is 7.58. The highest BCUT2D eigenvalue weighted by Gasteiger charge is 2.24. The van der Waals surface area contributed by atoms with Crippen molar-refractivity contribution >= 4 is 25.3 Å². The molecule has 37 heavy (non-hydrogen) atoms. The minimum atomic E-state index is -0.432. The molecule has 2 aromatic heterocycles. The standard InChI is InChI=1S/C27H48N4O4S2/c1-7-28-16-22(36)30(24(28)34)18-26(3,4)14-12-20(32)10-9-11-21(33)13-15-27(5,6)19-31-23(37)17-29(8-2)25(31)35/h16-17,20-21,32-33,36-37H,7-15,18-19H2,1-6H3. The zero-order valence-electron chi connectivity index (χ0n) is 23.5. The topological polar surface area (TPSA) is 94.3 Å². The second-order valence-corrected chi connectivity index (χ2v) is 12.8. The van der Waals surface area contributed by atoms with Crippen LogP contribution in [0.4, 0.5) is 0 Å². The number of nitrogens with zero attached hydrogens (tertiary/aromatic N) is 4. The van der Waals surface area contributed by atoms with Gasteiger partial charge >= 0.3 is 11.4 Å². The Kier molecular flexibility index (Phi) is 11.7. The Morgan fingerprint density at radius 2 is 1.08 bits per heavy atom. The summed E-state index contributed by atoms with van der Waals surface area (Å²) in [5, 5.41) is 22.4. The highest BCUT2D eigenvalue weighted by molar-refractivity contribution is 7.80. The number of aromatic nitrogens is 4. The van der Waals surface area contributed by atoms with Crippen LogP contribution >= 0.6 is 25.3 Å². The molecule has 2 aromatic rings. The van der Waals surface area contributed by atoms with Gasteiger partial charge in [0, 0.05) is 38.6 Å². The molecule has 2 heterocycles. The number of aliphatic hydroxyl groups excluding tert-OH is 2. The van der Waals surface area contributed by atoms with Crippen molar-refractivity contribution in [3.63, 3.8) is 0 Å².